The van der Waals surface area contributed by atoms with E-state index in [1.165, 1.54) is 6.07 Å². The van der Waals surface area contributed by atoms with Gasteiger partial charge in [0.2, 0.25) is 0 Å². The van der Waals surface area contributed by atoms with Crippen molar-refractivity contribution in [1.29, 1.82) is 0 Å². The minimum atomic E-state index is -0.994. The van der Waals surface area contributed by atoms with Crippen LogP contribution in [0, 0.1) is 11.6 Å². The van der Waals surface area contributed by atoms with E-state index >= 15 is 0 Å². The zero-order valence-electron chi connectivity index (χ0n) is 14.1. The fourth-order valence-corrected chi connectivity index (χ4v) is 3.31. The highest BCUT2D eigenvalue weighted by Gasteiger charge is 2.29. The first kappa shape index (κ1) is 17.4. The summed E-state index contributed by atoms with van der Waals surface area (Å²) < 4.78 is 29.7. The minimum absolute atomic E-state index is 0.334. The molecule has 3 aromatic rings. The van der Waals surface area contributed by atoms with E-state index in [1.54, 1.807) is 36.3 Å². The molecule has 0 unspecified atom stereocenters. The summed E-state index contributed by atoms with van der Waals surface area (Å²) in [5.74, 6) is -2.28. The van der Waals surface area contributed by atoms with E-state index in [1.807, 2.05) is 6.07 Å². The molecule has 1 aromatic heterocycles. The highest BCUT2D eigenvalue weighted by atomic mass is 79.9. The summed E-state index contributed by atoms with van der Waals surface area (Å²) in [5, 5.41) is 10.0. The lowest BCUT2D eigenvalue weighted by Crippen LogP contribution is -2.10. The maximum absolute atomic E-state index is 13.9. The largest absolute Gasteiger partial charge is 0.352 e. The van der Waals surface area contributed by atoms with Gasteiger partial charge < -0.3 is 10.6 Å². The van der Waals surface area contributed by atoms with E-state index in [0.29, 0.717) is 33.8 Å². The molecular formula is C19H13BrF2N4O. The van der Waals surface area contributed by atoms with Crippen LogP contribution in [0.2, 0.25) is 0 Å². The van der Waals surface area contributed by atoms with Crippen LogP contribution in [0.3, 0.4) is 0 Å². The molecule has 0 saturated heterocycles. The maximum atomic E-state index is 13.9. The van der Waals surface area contributed by atoms with Gasteiger partial charge in [-0.15, -0.1) is 0 Å². The van der Waals surface area contributed by atoms with Crippen LogP contribution in [0.5, 0.6) is 0 Å². The second-order valence-electron chi connectivity index (χ2n) is 6.05. The Morgan fingerprint density at radius 1 is 1.19 bits per heavy atom. The maximum Gasteiger partial charge on any atom is 0.258 e. The van der Waals surface area contributed by atoms with Crippen molar-refractivity contribution in [3.8, 4) is 0 Å². The fraction of sp³-hybridized carbons (Fsp3) is 0.0526. The van der Waals surface area contributed by atoms with Crippen molar-refractivity contribution < 1.29 is 13.6 Å². The number of hydrogen-bond acceptors (Lipinski definition) is 3. The summed E-state index contributed by atoms with van der Waals surface area (Å²) in [7, 11) is 1.75. The summed E-state index contributed by atoms with van der Waals surface area (Å²) in [5.41, 5.74) is 2.95. The fourth-order valence-electron chi connectivity index (χ4n) is 2.95. The average Bonchev–Trinajstić information content (AvgIpc) is 3.17. The van der Waals surface area contributed by atoms with Crippen molar-refractivity contribution in [3.63, 3.8) is 0 Å². The van der Waals surface area contributed by atoms with Crippen LogP contribution >= 0.6 is 15.9 Å². The summed E-state index contributed by atoms with van der Waals surface area (Å²) >= 11 is 3.40. The van der Waals surface area contributed by atoms with Gasteiger partial charge >= 0.3 is 0 Å². The van der Waals surface area contributed by atoms with Gasteiger partial charge in [-0.05, 0) is 36.4 Å². The number of fused-ring (bicyclic) bond motifs is 1. The molecule has 0 radical (unpaired) electrons. The van der Waals surface area contributed by atoms with E-state index < -0.39 is 11.6 Å². The van der Waals surface area contributed by atoms with Crippen molar-refractivity contribution in [1.82, 2.24) is 9.78 Å². The smallest absolute Gasteiger partial charge is 0.258 e. The van der Waals surface area contributed by atoms with Gasteiger partial charge in [-0.25, -0.2) is 8.78 Å². The molecule has 2 heterocycles. The Balaban J connectivity index is 1.95. The quantitative estimate of drug-likeness (QED) is 0.605. The predicted molar refractivity (Wildman–Crippen MR) is 103 cm³/mol. The minimum Gasteiger partial charge on any atom is -0.352 e. The molecule has 1 amide bonds. The molecule has 4 rings (SSSR count). The topological polar surface area (TPSA) is 59.0 Å². The molecule has 0 fully saturated rings. The summed E-state index contributed by atoms with van der Waals surface area (Å²) in [6.45, 7) is 0. The molecule has 2 aromatic carbocycles. The Bertz CT molecular complexity index is 1110. The van der Waals surface area contributed by atoms with Crippen LogP contribution in [0.1, 0.15) is 11.1 Å². The number of amides is 1. The van der Waals surface area contributed by atoms with Crippen molar-refractivity contribution in [2.75, 3.05) is 10.6 Å². The van der Waals surface area contributed by atoms with Gasteiger partial charge in [-0.3, -0.25) is 9.48 Å². The van der Waals surface area contributed by atoms with Crippen molar-refractivity contribution in [2.45, 2.75) is 0 Å². The number of benzene rings is 2. The lowest BCUT2D eigenvalue weighted by Gasteiger charge is -2.13. The number of carbonyl (C=O) groups excluding carboxylic acids is 1. The van der Waals surface area contributed by atoms with Gasteiger partial charge in [-0.1, -0.05) is 15.9 Å². The number of nitrogens with zero attached hydrogens (tertiary/aromatic N) is 2. The molecule has 5 nitrogen and oxygen atoms in total. The van der Waals surface area contributed by atoms with Gasteiger partial charge in [-0.2, -0.15) is 5.10 Å². The SMILES string of the molecule is Cn1cc(N/C(=C2\C(=O)Nc3ccc(Br)cc32)c2ccc(F)c(F)c2)cn1. The number of nitrogens with one attached hydrogen (secondary N) is 2. The summed E-state index contributed by atoms with van der Waals surface area (Å²) in [4.78, 5) is 12.7. The number of hydrogen-bond donors (Lipinski definition) is 2. The van der Waals surface area contributed by atoms with Crippen LogP contribution in [-0.4, -0.2) is 15.7 Å². The van der Waals surface area contributed by atoms with E-state index in [9.17, 15) is 13.6 Å². The highest BCUT2D eigenvalue weighted by Crippen LogP contribution is 2.39. The summed E-state index contributed by atoms with van der Waals surface area (Å²) in [6, 6.07) is 8.90. The number of aromatic nitrogens is 2. The first-order valence-corrected chi connectivity index (χ1v) is 8.78. The van der Waals surface area contributed by atoms with Gasteiger partial charge in [0, 0.05) is 34.5 Å². The van der Waals surface area contributed by atoms with Crippen LogP contribution in [0.15, 0.2) is 53.3 Å². The third-order valence-corrected chi connectivity index (χ3v) is 4.65. The number of anilines is 2. The molecule has 2 N–H and O–H groups in total. The molecule has 0 aliphatic carbocycles. The zero-order valence-corrected chi connectivity index (χ0v) is 15.6. The molecule has 0 spiro atoms. The Morgan fingerprint density at radius 3 is 2.70 bits per heavy atom. The Labute approximate surface area is 161 Å². The zero-order chi connectivity index (χ0) is 19.1. The van der Waals surface area contributed by atoms with E-state index in [4.69, 9.17) is 0 Å². The average molecular weight is 431 g/mol. The van der Waals surface area contributed by atoms with Crippen molar-refractivity contribution in [3.05, 3.63) is 76.0 Å². The number of rotatable bonds is 3. The van der Waals surface area contributed by atoms with Crippen molar-refractivity contribution in [2.24, 2.45) is 7.05 Å². The second-order valence-corrected chi connectivity index (χ2v) is 6.97. The van der Waals surface area contributed by atoms with Crippen molar-refractivity contribution >= 4 is 44.5 Å². The first-order valence-electron chi connectivity index (χ1n) is 7.99. The van der Waals surface area contributed by atoms with Gasteiger partial charge in [0.25, 0.3) is 5.91 Å². The van der Waals surface area contributed by atoms with Crippen LogP contribution in [0.4, 0.5) is 20.2 Å². The van der Waals surface area contributed by atoms with Crippen LogP contribution < -0.4 is 10.6 Å². The van der Waals surface area contributed by atoms with Crippen LogP contribution in [0.25, 0.3) is 11.3 Å². The molecular weight excluding hydrogens is 418 g/mol. The molecule has 27 heavy (non-hydrogen) atoms. The van der Waals surface area contributed by atoms with E-state index in [-0.39, 0.29) is 5.91 Å². The number of aryl methyl sites for hydroxylation is 1. The third-order valence-electron chi connectivity index (χ3n) is 4.16. The predicted octanol–water partition coefficient (Wildman–Crippen LogP) is 4.39. The Morgan fingerprint density at radius 2 is 2.00 bits per heavy atom. The molecule has 0 saturated carbocycles. The Hall–Kier alpha value is -3.00. The summed E-state index contributed by atoms with van der Waals surface area (Å²) in [6.07, 6.45) is 3.30. The molecule has 8 heteroatoms. The molecule has 1 aliphatic heterocycles. The monoisotopic (exact) mass is 430 g/mol. The van der Waals surface area contributed by atoms with Gasteiger partial charge in [0.15, 0.2) is 11.6 Å². The second kappa shape index (κ2) is 6.62. The molecule has 0 atom stereocenters. The standard InChI is InChI=1S/C19H13BrF2N4O/c1-26-9-12(8-23-26)24-18(10-2-4-14(21)15(22)6-10)17-13-7-11(20)3-5-16(13)25-19(17)27/h2-9,24H,1H3,(H,25,27)/b18-17-. The third kappa shape index (κ3) is 3.23. The Kier molecular flexibility index (Phi) is 4.27. The normalized spacial score (nSPS) is 14.7. The van der Waals surface area contributed by atoms with Crippen LogP contribution in [-0.2, 0) is 11.8 Å². The first-order chi connectivity index (χ1) is 12.9. The molecule has 136 valence electrons. The van der Waals surface area contributed by atoms with Gasteiger partial charge in [0.1, 0.15) is 0 Å². The van der Waals surface area contributed by atoms with E-state index in [2.05, 4.69) is 31.7 Å². The lowest BCUT2D eigenvalue weighted by molar-refractivity contribution is -0.110. The molecule has 1 aliphatic rings. The highest BCUT2D eigenvalue weighted by molar-refractivity contribution is 9.10. The van der Waals surface area contributed by atoms with E-state index in [0.717, 1.165) is 16.6 Å². The lowest BCUT2D eigenvalue weighted by atomic mass is 10.00. The number of halogens is 3. The number of carbonyl (C=O) groups is 1. The molecule has 0 bridgehead atoms. The van der Waals surface area contributed by atoms with Gasteiger partial charge in [0.05, 0.1) is 23.2 Å².